The fourth-order valence-electron chi connectivity index (χ4n) is 1.82. The lowest BCUT2D eigenvalue weighted by Gasteiger charge is -2.04. The zero-order valence-electron chi connectivity index (χ0n) is 10.8. The van der Waals surface area contributed by atoms with Crippen LogP contribution in [0.1, 0.15) is 11.4 Å². The predicted molar refractivity (Wildman–Crippen MR) is 76.3 cm³/mol. The van der Waals surface area contributed by atoms with E-state index in [1.54, 1.807) is 18.4 Å². The second-order valence-corrected chi connectivity index (χ2v) is 4.98. The minimum absolute atomic E-state index is 0.879. The van der Waals surface area contributed by atoms with Crippen LogP contribution in [0.25, 0.3) is 11.3 Å². The molecule has 0 unspecified atom stereocenters. The summed E-state index contributed by atoms with van der Waals surface area (Å²) in [6.45, 7) is 1.03. The molecule has 0 aliphatic carbocycles. The third-order valence-electron chi connectivity index (χ3n) is 2.75. The highest BCUT2D eigenvalue weighted by atomic mass is 32.1. The molecule has 1 heterocycles. The van der Waals surface area contributed by atoms with E-state index in [1.165, 1.54) is 5.01 Å². The lowest BCUT2D eigenvalue weighted by Crippen LogP contribution is -2.08. The molecule has 1 aromatic heterocycles. The molecular formula is C14H18N2OS. The number of ether oxygens (including phenoxy) is 1. The molecule has 0 saturated carbocycles. The van der Waals surface area contributed by atoms with Crippen LogP contribution in [0.3, 0.4) is 0 Å². The summed E-state index contributed by atoms with van der Waals surface area (Å²) in [7, 11) is 3.67. The van der Waals surface area contributed by atoms with Gasteiger partial charge in [0.25, 0.3) is 0 Å². The third-order valence-corrected chi connectivity index (χ3v) is 3.66. The van der Waals surface area contributed by atoms with Gasteiger partial charge in [-0.15, -0.1) is 11.3 Å². The van der Waals surface area contributed by atoms with Gasteiger partial charge in [0.05, 0.1) is 17.8 Å². The number of thiazole rings is 1. The van der Waals surface area contributed by atoms with E-state index in [9.17, 15) is 0 Å². The van der Waals surface area contributed by atoms with Crippen molar-refractivity contribution in [1.29, 1.82) is 0 Å². The largest absolute Gasteiger partial charge is 0.496 e. The van der Waals surface area contributed by atoms with Crippen LogP contribution in [0, 0.1) is 0 Å². The van der Waals surface area contributed by atoms with Crippen molar-refractivity contribution < 1.29 is 4.74 Å². The first-order chi connectivity index (χ1) is 8.85. The second-order valence-electron chi connectivity index (χ2n) is 4.03. The maximum Gasteiger partial charge on any atom is 0.128 e. The molecule has 0 bridgehead atoms. The molecule has 0 amide bonds. The van der Waals surface area contributed by atoms with Crippen molar-refractivity contribution >= 4 is 11.3 Å². The van der Waals surface area contributed by atoms with E-state index in [-0.39, 0.29) is 0 Å². The molecule has 18 heavy (non-hydrogen) atoms. The fraction of sp³-hybridized carbons (Fsp3) is 0.357. The summed E-state index contributed by atoms with van der Waals surface area (Å²) in [6.07, 6.45) is 2.15. The summed E-state index contributed by atoms with van der Waals surface area (Å²) in [5.41, 5.74) is 2.08. The van der Waals surface area contributed by atoms with Gasteiger partial charge in [-0.3, -0.25) is 0 Å². The highest BCUT2D eigenvalue weighted by Crippen LogP contribution is 2.30. The van der Waals surface area contributed by atoms with E-state index < -0.39 is 0 Å². The van der Waals surface area contributed by atoms with Crippen molar-refractivity contribution in [2.24, 2.45) is 0 Å². The van der Waals surface area contributed by atoms with Gasteiger partial charge in [0.15, 0.2) is 0 Å². The molecule has 3 nitrogen and oxygen atoms in total. The number of methoxy groups -OCH3 is 1. The van der Waals surface area contributed by atoms with E-state index in [2.05, 4.69) is 15.7 Å². The molecular weight excluding hydrogens is 244 g/mol. The summed E-state index contributed by atoms with van der Waals surface area (Å²) in [5, 5.41) is 6.44. The van der Waals surface area contributed by atoms with Gasteiger partial charge in [0, 0.05) is 17.4 Å². The summed E-state index contributed by atoms with van der Waals surface area (Å²) < 4.78 is 5.36. The van der Waals surface area contributed by atoms with E-state index in [0.29, 0.717) is 0 Å². The number of benzene rings is 1. The number of nitrogens with one attached hydrogen (secondary N) is 1. The van der Waals surface area contributed by atoms with Gasteiger partial charge in [-0.05, 0) is 32.1 Å². The van der Waals surface area contributed by atoms with Gasteiger partial charge in [-0.2, -0.15) is 0 Å². The number of hydrogen-bond acceptors (Lipinski definition) is 4. The Labute approximate surface area is 112 Å². The molecule has 1 N–H and O–H groups in total. The molecule has 0 aliphatic heterocycles. The van der Waals surface area contributed by atoms with Gasteiger partial charge < -0.3 is 10.1 Å². The smallest absolute Gasteiger partial charge is 0.128 e. The first-order valence-corrected chi connectivity index (χ1v) is 6.95. The van der Waals surface area contributed by atoms with Crippen molar-refractivity contribution in [3.05, 3.63) is 34.7 Å². The summed E-state index contributed by atoms with van der Waals surface area (Å²) in [4.78, 5) is 4.67. The number of hydrogen-bond donors (Lipinski definition) is 1. The first-order valence-electron chi connectivity index (χ1n) is 6.07. The maximum absolute atomic E-state index is 5.36. The van der Waals surface area contributed by atoms with Crippen LogP contribution in [0.5, 0.6) is 5.75 Å². The molecule has 2 rings (SSSR count). The third kappa shape index (κ3) is 3.09. The molecule has 0 spiro atoms. The highest BCUT2D eigenvalue weighted by molar-refractivity contribution is 7.09. The van der Waals surface area contributed by atoms with Gasteiger partial charge in [-0.1, -0.05) is 12.1 Å². The van der Waals surface area contributed by atoms with Crippen molar-refractivity contribution in [3.8, 4) is 17.0 Å². The standard InChI is InChI=1S/C14H18N2OS/c1-15-9-5-8-14-16-12(10-18-14)11-6-3-4-7-13(11)17-2/h3-4,6-7,10,15H,5,8-9H2,1-2H3. The number of para-hydroxylation sites is 1. The summed E-state index contributed by atoms with van der Waals surface area (Å²) >= 11 is 1.72. The summed E-state index contributed by atoms with van der Waals surface area (Å²) in [6, 6.07) is 8.00. The average Bonchev–Trinajstić information content (AvgIpc) is 2.88. The minimum Gasteiger partial charge on any atom is -0.496 e. The molecule has 96 valence electrons. The molecule has 0 aliphatic rings. The Morgan fingerprint density at radius 3 is 2.94 bits per heavy atom. The monoisotopic (exact) mass is 262 g/mol. The summed E-state index contributed by atoms with van der Waals surface area (Å²) in [5.74, 6) is 0.879. The number of nitrogens with zero attached hydrogens (tertiary/aromatic N) is 1. The molecule has 0 saturated heterocycles. The normalized spacial score (nSPS) is 10.6. The molecule has 1 aromatic carbocycles. The topological polar surface area (TPSA) is 34.2 Å². The Kier molecular flexibility index (Phi) is 4.73. The van der Waals surface area contributed by atoms with Crippen LogP contribution in [0.4, 0.5) is 0 Å². The van der Waals surface area contributed by atoms with Gasteiger partial charge in [0.1, 0.15) is 5.75 Å². The molecule has 2 aromatic rings. The minimum atomic E-state index is 0.879. The second kappa shape index (κ2) is 6.52. The Morgan fingerprint density at radius 1 is 1.33 bits per heavy atom. The Bertz CT molecular complexity index is 496. The lowest BCUT2D eigenvalue weighted by molar-refractivity contribution is 0.416. The predicted octanol–water partition coefficient (Wildman–Crippen LogP) is 2.97. The Morgan fingerprint density at radius 2 is 2.17 bits per heavy atom. The zero-order chi connectivity index (χ0) is 12.8. The number of rotatable bonds is 6. The van der Waals surface area contributed by atoms with Crippen LogP contribution in [0.2, 0.25) is 0 Å². The molecule has 4 heteroatoms. The van der Waals surface area contributed by atoms with Crippen molar-refractivity contribution in [2.75, 3.05) is 20.7 Å². The van der Waals surface area contributed by atoms with Crippen LogP contribution in [-0.2, 0) is 6.42 Å². The van der Waals surface area contributed by atoms with Crippen molar-refractivity contribution in [1.82, 2.24) is 10.3 Å². The molecule has 0 atom stereocenters. The van der Waals surface area contributed by atoms with E-state index in [4.69, 9.17) is 4.74 Å². The van der Waals surface area contributed by atoms with Crippen molar-refractivity contribution in [3.63, 3.8) is 0 Å². The zero-order valence-corrected chi connectivity index (χ0v) is 11.6. The van der Waals surface area contributed by atoms with E-state index in [1.807, 2.05) is 31.3 Å². The quantitative estimate of drug-likeness (QED) is 0.813. The molecule has 0 fully saturated rings. The Balaban J connectivity index is 2.13. The van der Waals surface area contributed by atoms with Crippen LogP contribution < -0.4 is 10.1 Å². The average molecular weight is 262 g/mol. The first kappa shape index (κ1) is 13.1. The van der Waals surface area contributed by atoms with Gasteiger partial charge >= 0.3 is 0 Å². The van der Waals surface area contributed by atoms with E-state index in [0.717, 1.165) is 36.4 Å². The van der Waals surface area contributed by atoms with Gasteiger partial charge in [0.2, 0.25) is 0 Å². The maximum atomic E-state index is 5.36. The van der Waals surface area contributed by atoms with E-state index >= 15 is 0 Å². The van der Waals surface area contributed by atoms with Crippen LogP contribution >= 0.6 is 11.3 Å². The van der Waals surface area contributed by atoms with Crippen LogP contribution in [-0.4, -0.2) is 25.7 Å². The fourth-order valence-corrected chi connectivity index (χ4v) is 2.66. The van der Waals surface area contributed by atoms with Crippen molar-refractivity contribution in [2.45, 2.75) is 12.8 Å². The lowest BCUT2D eigenvalue weighted by atomic mass is 10.1. The highest BCUT2D eigenvalue weighted by Gasteiger charge is 2.08. The van der Waals surface area contributed by atoms with Crippen LogP contribution in [0.15, 0.2) is 29.6 Å². The van der Waals surface area contributed by atoms with Gasteiger partial charge in [-0.25, -0.2) is 4.98 Å². The number of aryl methyl sites for hydroxylation is 1. The molecule has 0 radical (unpaired) electrons. The Hall–Kier alpha value is -1.39. The SMILES string of the molecule is CNCCCc1nc(-c2ccccc2OC)cs1. The number of aromatic nitrogens is 1.